The van der Waals surface area contributed by atoms with Gasteiger partial charge >= 0.3 is 0 Å². The molecule has 0 amide bonds. The fourth-order valence-electron chi connectivity index (χ4n) is 0.883. The van der Waals surface area contributed by atoms with E-state index in [-0.39, 0.29) is 0 Å². The second-order valence-corrected chi connectivity index (χ2v) is 4.01. The Morgan fingerprint density at radius 1 is 1.43 bits per heavy atom. The van der Waals surface area contributed by atoms with Crippen LogP contribution in [0, 0.1) is 0 Å². The van der Waals surface area contributed by atoms with Crippen LogP contribution in [0.5, 0.6) is 0 Å². The maximum Gasteiger partial charge on any atom is 0.0772 e. The van der Waals surface area contributed by atoms with E-state index in [1.807, 2.05) is 31.2 Å². The highest BCUT2D eigenvalue weighted by molar-refractivity contribution is 9.10. The Bertz CT molecular complexity index is 368. The maximum absolute atomic E-state index is 5.79. The highest BCUT2D eigenvalue weighted by Crippen LogP contribution is 2.18. The smallest absolute Gasteiger partial charge is 0.0772 e. The van der Waals surface area contributed by atoms with Crippen LogP contribution in [0.4, 0.5) is 5.69 Å². The van der Waals surface area contributed by atoms with Crippen LogP contribution in [0.25, 0.3) is 0 Å². The average molecular weight is 274 g/mol. The number of nitrogens with zero attached hydrogens (tertiary/aromatic N) is 1. The van der Waals surface area contributed by atoms with E-state index in [9.17, 15) is 0 Å². The molecule has 74 valence electrons. The van der Waals surface area contributed by atoms with Crippen molar-refractivity contribution in [2.45, 2.75) is 6.92 Å². The Labute approximate surface area is 96.6 Å². The molecule has 0 atom stereocenters. The van der Waals surface area contributed by atoms with Gasteiger partial charge in [-0.3, -0.25) is 4.99 Å². The van der Waals surface area contributed by atoms with Crippen molar-refractivity contribution < 1.29 is 0 Å². The third kappa shape index (κ3) is 3.16. The highest BCUT2D eigenvalue weighted by Gasteiger charge is 1.96. The van der Waals surface area contributed by atoms with Gasteiger partial charge in [0.05, 0.1) is 16.4 Å². The molecule has 0 bridgehead atoms. The SMILES string of the molecule is CC(=Nc1ccc(Br)cc1)/C(Cl)=C\N. The average Bonchev–Trinajstić information content (AvgIpc) is 2.20. The van der Waals surface area contributed by atoms with Gasteiger partial charge in [-0.05, 0) is 31.2 Å². The van der Waals surface area contributed by atoms with E-state index in [2.05, 4.69) is 20.9 Å². The summed E-state index contributed by atoms with van der Waals surface area (Å²) in [6.07, 6.45) is 1.33. The number of nitrogens with two attached hydrogens (primary N) is 1. The molecule has 0 fully saturated rings. The number of aliphatic imine (C=N–C) groups is 1. The predicted octanol–water partition coefficient (Wildman–Crippen LogP) is 3.58. The van der Waals surface area contributed by atoms with E-state index in [0.717, 1.165) is 10.2 Å². The minimum atomic E-state index is 0.466. The van der Waals surface area contributed by atoms with Crippen molar-refractivity contribution in [3.8, 4) is 0 Å². The Balaban J connectivity index is 2.92. The van der Waals surface area contributed by atoms with Crippen molar-refractivity contribution in [1.29, 1.82) is 0 Å². The molecule has 0 heterocycles. The van der Waals surface area contributed by atoms with Crippen molar-refractivity contribution in [3.63, 3.8) is 0 Å². The van der Waals surface area contributed by atoms with Crippen LogP contribution in [0.2, 0.25) is 0 Å². The number of allylic oxidation sites excluding steroid dienone is 1. The first kappa shape index (κ1) is 11.3. The van der Waals surface area contributed by atoms with Crippen LogP contribution in [0.15, 0.2) is 45.0 Å². The molecule has 0 aliphatic heterocycles. The molecule has 0 aliphatic rings. The van der Waals surface area contributed by atoms with Gasteiger partial charge in [0.1, 0.15) is 0 Å². The molecule has 0 unspecified atom stereocenters. The maximum atomic E-state index is 5.79. The lowest BCUT2D eigenvalue weighted by molar-refractivity contribution is 1.47. The van der Waals surface area contributed by atoms with Crippen molar-refractivity contribution in [2.75, 3.05) is 0 Å². The normalized spacial score (nSPS) is 13.1. The Hall–Kier alpha value is -0.800. The molecule has 0 aliphatic carbocycles. The molecule has 0 aromatic heterocycles. The number of hydrogen-bond acceptors (Lipinski definition) is 2. The molecule has 4 heteroatoms. The zero-order valence-electron chi connectivity index (χ0n) is 7.67. The van der Waals surface area contributed by atoms with Crippen LogP contribution in [0.3, 0.4) is 0 Å². The summed E-state index contributed by atoms with van der Waals surface area (Å²) in [6.45, 7) is 1.81. The van der Waals surface area contributed by atoms with Gasteiger partial charge in [0.25, 0.3) is 0 Å². The molecule has 0 radical (unpaired) electrons. The standard InChI is InChI=1S/C10H10BrClN2/c1-7(10(12)6-13)14-9-4-2-8(11)3-5-9/h2-6H,13H2,1H3/b10-6+,14-7?. The molecule has 2 N–H and O–H groups in total. The summed E-state index contributed by atoms with van der Waals surface area (Å²) in [6, 6.07) is 7.64. The Morgan fingerprint density at radius 3 is 2.50 bits per heavy atom. The number of hydrogen-bond donors (Lipinski definition) is 1. The van der Waals surface area contributed by atoms with Crippen LogP contribution < -0.4 is 5.73 Å². The number of rotatable bonds is 2. The van der Waals surface area contributed by atoms with Gasteiger partial charge in [-0.2, -0.15) is 0 Å². The van der Waals surface area contributed by atoms with Crippen molar-refractivity contribution in [3.05, 3.63) is 40.0 Å². The second kappa shape index (κ2) is 5.17. The van der Waals surface area contributed by atoms with Gasteiger partial charge in [0, 0.05) is 10.7 Å². The third-order valence-corrected chi connectivity index (χ3v) is 2.54. The minimum Gasteiger partial charge on any atom is -0.403 e. The lowest BCUT2D eigenvalue weighted by Gasteiger charge is -1.98. The summed E-state index contributed by atoms with van der Waals surface area (Å²) < 4.78 is 1.02. The topological polar surface area (TPSA) is 38.4 Å². The van der Waals surface area contributed by atoms with Gasteiger partial charge < -0.3 is 5.73 Å². The molecule has 1 rings (SSSR count). The van der Waals surface area contributed by atoms with Crippen LogP contribution in [-0.2, 0) is 0 Å². The van der Waals surface area contributed by atoms with E-state index in [0.29, 0.717) is 10.7 Å². The quantitative estimate of drug-likeness (QED) is 0.822. The molecule has 14 heavy (non-hydrogen) atoms. The molecule has 0 saturated heterocycles. The van der Waals surface area contributed by atoms with Crippen molar-refractivity contribution >= 4 is 38.9 Å². The van der Waals surface area contributed by atoms with E-state index in [1.54, 1.807) is 0 Å². The molecule has 0 spiro atoms. The molecule has 2 nitrogen and oxygen atoms in total. The van der Waals surface area contributed by atoms with Gasteiger partial charge in [0.2, 0.25) is 0 Å². The molecule has 1 aromatic rings. The second-order valence-electron chi connectivity index (χ2n) is 2.69. The fourth-order valence-corrected chi connectivity index (χ4v) is 1.19. The summed E-state index contributed by atoms with van der Waals surface area (Å²) in [5.41, 5.74) is 6.83. The number of halogens is 2. The van der Waals surface area contributed by atoms with Crippen LogP contribution in [-0.4, -0.2) is 5.71 Å². The Morgan fingerprint density at radius 2 is 2.00 bits per heavy atom. The van der Waals surface area contributed by atoms with Crippen molar-refractivity contribution in [1.82, 2.24) is 0 Å². The van der Waals surface area contributed by atoms with Crippen LogP contribution in [0.1, 0.15) is 6.92 Å². The van der Waals surface area contributed by atoms with E-state index < -0.39 is 0 Å². The summed E-state index contributed by atoms with van der Waals surface area (Å²) in [4.78, 5) is 4.29. The van der Waals surface area contributed by atoms with Crippen molar-refractivity contribution in [2.24, 2.45) is 10.7 Å². The van der Waals surface area contributed by atoms with E-state index in [4.69, 9.17) is 17.3 Å². The zero-order chi connectivity index (χ0) is 10.6. The first-order valence-corrected chi connectivity index (χ1v) is 5.19. The van der Waals surface area contributed by atoms with Gasteiger partial charge in [-0.15, -0.1) is 0 Å². The zero-order valence-corrected chi connectivity index (χ0v) is 10.0. The van der Waals surface area contributed by atoms with E-state index >= 15 is 0 Å². The van der Waals surface area contributed by atoms with Gasteiger partial charge in [-0.1, -0.05) is 27.5 Å². The lowest BCUT2D eigenvalue weighted by Crippen LogP contribution is -1.93. The molecular formula is C10H10BrClN2. The minimum absolute atomic E-state index is 0.466. The summed E-state index contributed by atoms with van der Waals surface area (Å²) in [5, 5.41) is 0.466. The molecule has 0 saturated carbocycles. The van der Waals surface area contributed by atoms with Gasteiger partial charge in [0.15, 0.2) is 0 Å². The molecular weight excluding hydrogens is 263 g/mol. The summed E-state index contributed by atoms with van der Waals surface area (Å²) in [7, 11) is 0. The summed E-state index contributed by atoms with van der Waals surface area (Å²) in [5.74, 6) is 0. The lowest BCUT2D eigenvalue weighted by atomic mass is 10.3. The van der Waals surface area contributed by atoms with Gasteiger partial charge in [-0.25, -0.2) is 0 Å². The first-order valence-electron chi connectivity index (χ1n) is 4.02. The predicted molar refractivity (Wildman–Crippen MR) is 65.0 cm³/mol. The number of benzene rings is 1. The first-order chi connectivity index (χ1) is 6.63. The summed E-state index contributed by atoms with van der Waals surface area (Å²) >= 11 is 9.14. The fraction of sp³-hybridized carbons (Fsp3) is 0.100. The largest absolute Gasteiger partial charge is 0.403 e. The highest BCUT2D eigenvalue weighted by atomic mass is 79.9. The Kier molecular flexibility index (Phi) is 4.17. The van der Waals surface area contributed by atoms with Crippen LogP contribution >= 0.6 is 27.5 Å². The monoisotopic (exact) mass is 272 g/mol. The third-order valence-electron chi connectivity index (χ3n) is 1.62. The molecule has 1 aromatic carbocycles. The van der Waals surface area contributed by atoms with E-state index in [1.165, 1.54) is 6.20 Å².